The zero-order valence-corrected chi connectivity index (χ0v) is 28.0. The number of ether oxygens (including phenoxy) is 2. The van der Waals surface area contributed by atoms with Crippen molar-refractivity contribution < 1.29 is 23.9 Å². The molecule has 0 radical (unpaired) electrons. The van der Waals surface area contributed by atoms with Crippen molar-refractivity contribution in [2.75, 3.05) is 23.8 Å². The molecular formula is C40H37N3O5S. The topological polar surface area (TPSA) is 106 Å². The maximum atomic E-state index is 13.8. The molecule has 3 N–H and O–H groups in total. The molecule has 5 aromatic carbocycles. The molecule has 5 rings (SSSR count). The van der Waals surface area contributed by atoms with Crippen molar-refractivity contribution in [1.82, 2.24) is 5.32 Å². The van der Waals surface area contributed by atoms with E-state index in [4.69, 9.17) is 9.47 Å². The van der Waals surface area contributed by atoms with Gasteiger partial charge in [0.1, 0.15) is 22.4 Å². The van der Waals surface area contributed by atoms with Gasteiger partial charge in [0.05, 0.1) is 18.9 Å². The lowest BCUT2D eigenvalue weighted by atomic mass is 10.1. The first kappa shape index (κ1) is 34.5. The van der Waals surface area contributed by atoms with E-state index in [-0.39, 0.29) is 11.6 Å². The Morgan fingerprint density at radius 1 is 0.714 bits per heavy atom. The van der Waals surface area contributed by atoms with Crippen LogP contribution in [0, 0.1) is 0 Å². The van der Waals surface area contributed by atoms with Crippen molar-refractivity contribution in [3.8, 4) is 11.5 Å². The van der Waals surface area contributed by atoms with E-state index in [1.165, 1.54) is 11.8 Å². The highest BCUT2D eigenvalue weighted by atomic mass is 32.2. The van der Waals surface area contributed by atoms with Gasteiger partial charge < -0.3 is 25.4 Å². The molecule has 0 aromatic heterocycles. The van der Waals surface area contributed by atoms with Gasteiger partial charge in [0.15, 0.2) is 0 Å². The van der Waals surface area contributed by atoms with Crippen molar-refractivity contribution in [2.24, 2.45) is 0 Å². The van der Waals surface area contributed by atoms with Crippen LogP contribution in [0.5, 0.6) is 11.5 Å². The Bertz CT molecular complexity index is 1900. The lowest BCUT2D eigenvalue weighted by molar-refractivity contribution is -0.116. The highest BCUT2D eigenvalue weighted by Gasteiger charge is 2.24. The number of carbonyl (C=O) groups is 3. The predicted molar refractivity (Wildman–Crippen MR) is 196 cm³/mol. The number of thioether (sulfide) groups is 1. The van der Waals surface area contributed by atoms with Crippen LogP contribution < -0.4 is 25.4 Å². The molecule has 49 heavy (non-hydrogen) atoms. The van der Waals surface area contributed by atoms with Crippen LogP contribution in [0.1, 0.15) is 40.6 Å². The fourth-order valence-corrected chi connectivity index (χ4v) is 5.95. The van der Waals surface area contributed by atoms with Crippen LogP contribution in [0.15, 0.2) is 144 Å². The molecule has 1 atom stereocenters. The molecule has 3 amide bonds. The average molecular weight is 672 g/mol. The van der Waals surface area contributed by atoms with E-state index in [2.05, 4.69) is 16.0 Å². The van der Waals surface area contributed by atoms with Crippen molar-refractivity contribution in [3.05, 3.63) is 156 Å². The lowest BCUT2D eigenvalue weighted by Crippen LogP contribution is -2.30. The van der Waals surface area contributed by atoms with E-state index in [9.17, 15) is 14.4 Å². The molecule has 5 aromatic rings. The Kier molecular flexibility index (Phi) is 12.2. The summed E-state index contributed by atoms with van der Waals surface area (Å²) in [6.45, 7) is 4.80. The summed E-state index contributed by atoms with van der Waals surface area (Å²) in [4.78, 5) is 41.3. The quantitative estimate of drug-likeness (QED) is 0.0810. The molecular weight excluding hydrogens is 635 g/mol. The summed E-state index contributed by atoms with van der Waals surface area (Å²) < 4.78 is 11.3. The monoisotopic (exact) mass is 671 g/mol. The Labute approximate surface area is 290 Å². The summed E-state index contributed by atoms with van der Waals surface area (Å²) in [6, 6.07) is 40.0. The number of carbonyl (C=O) groups excluding carboxylic acids is 3. The first-order chi connectivity index (χ1) is 23.9. The van der Waals surface area contributed by atoms with Crippen LogP contribution in [0.2, 0.25) is 0 Å². The normalized spacial score (nSPS) is 11.6. The number of benzene rings is 5. The molecule has 0 fully saturated rings. The molecule has 0 spiro atoms. The molecule has 0 aliphatic carbocycles. The van der Waals surface area contributed by atoms with E-state index >= 15 is 0 Å². The molecule has 248 valence electrons. The number of rotatable bonds is 14. The third kappa shape index (κ3) is 9.85. The van der Waals surface area contributed by atoms with E-state index in [0.29, 0.717) is 47.2 Å². The van der Waals surface area contributed by atoms with Gasteiger partial charge in [-0.05, 0) is 85.6 Å². The van der Waals surface area contributed by atoms with Crippen molar-refractivity contribution in [2.45, 2.75) is 24.0 Å². The van der Waals surface area contributed by atoms with Gasteiger partial charge in [-0.1, -0.05) is 78.9 Å². The van der Waals surface area contributed by atoms with Gasteiger partial charge in [-0.25, -0.2) is 0 Å². The zero-order valence-electron chi connectivity index (χ0n) is 27.2. The van der Waals surface area contributed by atoms with Gasteiger partial charge in [0, 0.05) is 16.1 Å². The Morgan fingerprint density at radius 2 is 1.39 bits per heavy atom. The second-order valence-corrected chi connectivity index (χ2v) is 11.9. The van der Waals surface area contributed by atoms with Gasteiger partial charge in [-0.3, -0.25) is 14.4 Å². The number of hydrogen-bond acceptors (Lipinski definition) is 6. The minimum Gasteiger partial charge on any atom is -0.494 e. The van der Waals surface area contributed by atoms with Crippen molar-refractivity contribution >= 4 is 46.9 Å². The zero-order chi connectivity index (χ0) is 34.4. The maximum absolute atomic E-state index is 13.8. The van der Waals surface area contributed by atoms with Gasteiger partial charge in [0.25, 0.3) is 11.8 Å². The summed E-state index contributed by atoms with van der Waals surface area (Å²) in [6.07, 6.45) is 1.61. The van der Waals surface area contributed by atoms with Crippen LogP contribution >= 0.6 is 11.8 Å². The Balaban J connectivity index is 1.38. The van der Waals surface area contributed by atoms with Crippen LogP contribution in [0.4, 0.5) is 11.4 Å². The fraction of sp³-hybridized carbons (Fsp3) is 0.125. The summed E-state index contributed by atoms with van der Waals surface area (Å²) in [5.74, 6) is 0.148. The number of nitrogens with one attached hydrogen (secondary N) is 3. The van der Waals surface area contributed by atoms with Gasteiger partial charge >= 0.3 is 0 Å². The number of anilines is 2. The van der Waals surface area contributed by atoms with E-state index in [1.54, 1.807) is 66.7 Å². The van der Waals surface area contributed by atoms with E-state index in [0.717, 1.165) is 10.5 Å². The van der Waals surface area contributed by atoms with Crippen molar-refractivity contribution in [3.63, 3.8) is 0 Å². The molecule has 0 heterocycles. The highest BCUT2D eigenvalue weighted by Crippen LogP contribution is 2.38. The molecule has 0 bridgehead atoms. The third-order valence-electron chi connectivity index (χ3n) is 7.16. The average Bonchev–Trinajstić information content (AvgIpc) is 3.13. The highest BCUT2D eigenvalue weighted by molar-refractivity contribution is 8.00. The number of hydrogen-bond donors (Lipinski definition) is 3. The molecule has 0 saturated carbocycles. The summed E-state index contributed by atoms with van der Waals surface area (Å²) in [5, 5.41) is 8.11. The van der Waals surface area contributed by atoms with E-state index < -0.39 is 17.1 Å². The fourth-order valence-electron chi connectivity index (χ4n) is 4.87. The Morgan fingerprint density at radius 3 is 2.10 bits per heavy atom. The minimum atomic E-state index is -0.609. The van der Waals surface area contributed by atoms with Gasteiger partial charge in [-0.2, -0.15) is 0 Å². The molecule has 0 aliphatic heterocycles. The minimum absolute atomic E-state index is 0.0607. The molecule has 1 unspecified atom stereocenters. The second-order valence-electron chi connectivity index (χ2n) is 10.7. The van der Waals surface area contributed by atoms with Crippen LogP contribution in [0.25, 0.3) is 6.08 Å². The van der Waals surface area contributed by atoms with Crippen LogP contribution in [-0.2, 0) is 9.59 Å². The lowest BCUT2D eigenvalue weighted by Gasteiger charge is -2.19. The van der Waals surface area contributed by atoms with Crippen LogP contribution in [-0.4, -0.2) is 30.9 Å². The smallest absolute Gasteiger partial charge is 0.272 e. The predicted octanol–water partition coefficient (Wildman–Crippen LogP) is 8.37. The molecule has 0 aliphatic rings. The second kappa shape index (κ2) is 17.4. The first-order valence-corrected chi connectivity index (χ1v) is 16.8. The largest absolute Gasteiger partial charge is 0.494 e. The van der Waals surface area contributed by atoms with Crippen molar-refractivity contribution in [1.29, 1.82) is 0 Å². The van der Waals surface area contributed by atoms with E-state index in [1.807, 2.05) is 86.6 Å². The maximum Gasteiger partial charge on any atom is 0.272 e. The third-order valence-corrected chi connectivity index (χ3v) is 8.41. The number of para-hydroxylation sites is 2. The first-order valence-electron chi connectivity index (χ1n) is 15.9. The van der Waals surface area contributed by atoms with Gasteiger partial charge in [0.2, 0.25) is 5.91 Å². The standard InChI is InChI=1S/C40H37N3O5S/c1-3-47-32-24-22-28(23-25-32)26-35(43-38(44)30-16-9-6-10-17-30)39(45)41-31-18-13-19-33(27-31)49-37(29-14-7-5-8-15-29)40(46)42-34-20-11-12-21-36(34)48-4-2/h5-27,37H,3-4H2,1-2H3,(H,41,45)(H,42,46)(H,43,44)/b35-26+. The Hall–Kier alpha value is -5.80. The summed E-state index contributed by atoms with van der Waals surface area (Å²) in [7, 11) is 0. The molecule has 0 saturated heterocycles. The summed E-state index contributed by atoms with van der Waals surface area (Å²) in [5.41, 5.74) is 3.08. The summed E-state index contributed by atoms with van der Waals surface area (Å²) >= 11 is 1.35. The molecule has 8 nitrogen and oxygen atoms in total. The van der Waals surface area contributed by atoms with Crippen LogP contribution in [0.3, 0.4) is 0 Å². The SMILES string of the molecule is CCOc1ccc(/C=C(/NC(=O)c2ccccc2)C(=O)Nc2cccc(SC(C(=O)Nc3ccccc3OCC)c3ccccc3)c2)cc1. The molecule has 9 heteroatoms. The van der Waals surface area contributed by atoms with Gasteiger partial charge in [-0.15, -0.1) is 11.8 Å². The number of amides is 3.